The van der Waals surface area contributed by atoms with Crippen molar-refractivity contribution in [1.29, 1.82) is 0 Å². The molecule has 0 saturated carbocycles. The van der Waals surface area contributed by atoms with Crippen molar-refractivity contribution in [2.24, 2.45) is 0 Å². The Hall–Kier alpha value is -2.87. The number of sulfonamides is 1. The van der Waals surface area contributed by atoms with Crippen molar-refractivity contribution in [3.8, 4) is 11.1 Å². The highest BCUT2D eigenvalue weighted by atomic mass is 32.2. The van der Waals surface area contributed by atoms with Gasteiger partial charge >= 0.3 is 6.18 Å². The predicted octanol–water partition coefficient (Wildman–Crippen LogP) is 5.31. The molecule has 0 amide bonds. The molecule has 0 spiro atoms. The summed E-state index contributed by atoms with van der Waals surface area (Å²) in [5.41, 5.74) is -0.281. The Kier molecular flexibility index (Phi) is 4.93. The maximum absolute atomic E-state index is 13.8. The lowest BCUT2D eigenvalue weighted by molar-refractivity contribution is -0.137. The zero-order valence-electron chi connectivity index (χ0n) is 13.7. The molecule has 3 aromatic carbocycles. The van der Waals surface area contributed by atoms with Crippen molar-refractivity contribution in [2.75, 3.05) is 4.72 Å². The maximum Gasteiger partial charge on any atom is 0.416 e. The Labute approximate surface area is 153 Å². The first kappa shape index (κ1) is 18.9. The number of alkyl halides is 3. The summed E-state index contributed by atoms with van der Waals surface area (Å²) in [5.74, 6) is -1.10. The van der Waals surface area contributed by atoms with Crippen LogP contribution in [0.1, 0.15) is 5.56 Å². The molecule has 0 atom stereocenters. The quantitative estimate of drug-likeness (QED) is 0.609. The van der Waals surface area contributed by atoms with E-state index in [1.54, 1.807) is 12.1 Å². The molecule has 0 bridgehead atoms. The van der Waals surface area contributed by atoms with Crippen molar-refractivity contribution in [3.05, 3.63) is 84.2 Å². The third kappa shape index (κ3) is 4.28. The van der Waals surface area contributed by atoms with Crippen LogP contribution in [0.2, 0.25) is 0 Å². The molecule has 0 unspecified atom stereocenters. The van der Waals surface area contributed by atoms with Gasteiger partial charge in [-0.3, -0.25) is 4.72 Å². The molecule has 3 aromatic rings. The maximum atomic E-state index is 13.8. The van der Waals surface area contributed by atoms with Crippen molar-refractivity contribution < 1.29 is 26.0 Å². The van der Waals surface area contributed by atoms with Crippen LogP contribution in [0.5, 0.6) is 0 Å². The molecule has 1 N–H and O–H groups in total. The second-order valence-corrected chi connectivity index (χ2v) is 7.37. The van der Waals surface area contributed by atoms with Crippen LogP contribution in [-0.4, -0.2) is 8.42 Å². The van der Waals surface area contributed by atoms with E-state index in [4.69, 9.17) is 0 Å². The molecule has 140 valence electrons. The summed E-state index contributed by atoms with van der Waals surface area (Å²) >= 11 is 0. The van der Waals surface area contributed by atoms with Gasteiger partial charge in [-0.25, -0.2) is 12.8 Å². The van der Waals surface area contributed by atoms with Crippen molar-refractivity contribution in [2.45, 2.75) is 11.1 Å². The first-order valence-corrected chi connectivity index (χ1v) is 9.20. The number of benzene rings is 3. The minimum atomic E-state index is -4.72. The van der Waals surface area contributed by atoms with Crippen LogP contribution in [0, 0.1) is 5.82 Å². The van der Waals surface area contributed by atoms with Gasteiger partial charge in [0.25, 0.3) is 10.0 Å². The number of hydrogen-bond donors (Lipinski definition) is 1. The van der Waals surface area contributed by atoms with Crippen LogP contribution in [0.3, 0.4) is 0 Å². The van der Waals surface area contributed by atoms with E-state index in [9.17, 15) is 26.0 Å². The molecule has 3 nitrogen and oxygen atoms in total. The monoisotopic (exact) mass is 395 g/mol. The average Bonchev–Trinajstić information content (AvgIpc) is 2.63. The highest BCUT2D eigenvalue weighted by Gasteiger charge is 2.31. The summed E-state index contributed by atoms with van der Waals surface area (Å²) in [7, 11) is -4.25. The average molecular weight is 395 g/mol. The Bertz CT molecular complexity index is 1050. The zero-order chi connectivity index (χ0) is 19.7. The van der Waals surface area contributed by atoms with E-state index in [0.29, 0.717) is 18.2 Å². The molecule has 8 heteroatoms. The molecule has 0 saturated heterocycles. The summed E-state index contributed by atoms with van der Waals surface area (Å²) in [4.78, 5) is -0.195. The van der Waals surface area contributed by atoms with Crippen LogP contribution in [-0.2, 0) is 16.2 Å². The SMILES string of the molecule is O=S(=O)(Nc1cc(C(F)(F)F)ccc1F)c1ccc(-c2ccccc2)cc1. The Morgan fingerprint density at radius 2 is 1.37 bits per heavy atom. The van der Waals surface area contributed by atoms with Crippen molar-refractivity contribution >= 4 is 15.7 Å². The molecular weight excluding hydrogens is 382 g/mol. The normalized spacial score (nSPS) is 12.0. The van der Waals surface area contributed by atoms with Gasteiger partial charge in [-0.05, 0) is 41.5 Å². The first-order valence-electron chi connectivity index (χ1n) is 7.72. The summed E-state index contributed by atoms with van der Waals surface area (Å²) in [6.45, 7) is 0. The molecule has 0 aliphatic heterocycles. The minimum absolute atomic E-state index is 0.195. The molecule has 0 heterocycles. The fourth-order valence-electron chi connectivity index (χ4n) is 2.44. The molecule has 0 aromatic heterocycles. The molecular formula is C19H13F4NO2S. The largest absolute Gasteiger partial charge is 0.416 e. The molecule has 0 aliphatic carbocycles. The van der Waals surface area contributed by atoms with Crippen molar-refractivity contribution in [3.63, 3.8) is 0 Å². The van der Waals surface area contributed by atoms with E-state index < -0.39 is 33.3 Å². The van der Waals surface area contributed by atoms with Gasteiger partial charge in [-0.1, -0.05) is 42.5 Å². The minimum Gasteiger partial charge on any atom is -0.277 e. The van der Waals surface area contributed by atoms with Gasteiger partial charge in [0.1, 0.15) is 5.82 Å². The van der Waals surface area contributed by atoms with E-state index in [0.717, 1.165) is 11.1 Å². The number of anilines is 1. The van der Waals surface area contributed by atoms with Crippen LogP contribution in [0.25, 0.3) is 11.1 Å². The molecule has 0 radical (unpaired) electrons. The van der Waals surface area contributed by atoms with Crippen LogP contribution in [0.4, 0.5) is 23.2 Å². The number of nitrogens with one attached hydrogen (secondary N) is 1. The summed E-state index contributed by atoms with van der Waals surface area (Å²) < 4.78 is 78.8. The van der Waals surface area contributed by atoms with Crippen molar-refractivity contribution in [1.82, 2.24) is 0 Å². The highest BCUT2D eigenvalue weighted by Crippen LogP contribution is 2.32. The molecule has 3 rings (SSSR count). The van der Waals surface area contributed by atoms with E-state index in [1.165, 1.54) is 12.1 Å². The van der Waals surface area contributed by atoms with Gasteiger partial charge in [0, 0.05) is 0 Å². The number of hydrogen-bond acceptors (Lipinski definition) is 2. The third-order valence-corrected chi connectivity index (χ3v) is 5.19. The summed E-state index contributed by atoms with van der Waals surface area (Å²) in [6.07, 6.45) is -4.72. The van der Waals surface area contributed by atoms with E-state index in [2.05, 4.69) is 0 Å². The van der Waals surface area contributed by atoms with Gasteiger partial charge in [-0.15, -0.1) is 0 Å². The predicted molar refractivity (Wildman–Crippen MR) is 94.1 cm³/mol. The van der Waals surface area contributed by atoms with Gasteiger partial charge in [0.05, 0.1) is 16.1 Å². The highest BCUT2D eigenvalue weighted by molar-refractivity contribution is 7.92. The second kappa shape index (κ2) is 7.03. The Balaban J connectivity index is 1.89. The topological polar surface area (TPSA) is 46.2 Å². The summed E-state index contributed by atoms with van der Waals surface area (Å²) in [6, 6.07) is 16.5. The fourth-order valence-corrected chi connectivity index (χ4v) is 3.50. The van der Waals surface area contributed by atoms with Crippen LogP contribution >= 0.6 is 0 Å². The number of rotatable bonds is 4. The van der Waals surface area contributed by atoms with E-state index >= 15 is 0 Å². The lowest BCUT2D eigenvalue weighted by Gasteiger charge is -2.12. The van der Waals surface area contributed by atoms with E-state index in [-0.39, 0.29) is 4.90 Å². The van der Waals surface area contributed by atoms with Gasteiger partial charge in [0.15, 0.2) is 0 Å². The summed E-state index contributed by atoms with van der Waals surface area (Å²) in [5, 5.41) is 0. The second-order valence-electron chi connectivity index (χ2n) is 5.69. The standard InChI is InChI=1S/C19H13F4NO2S/c20-17-11-8-15(19(21,22)23)12-18(17)24-27(25,26)16-9-6-14(7-10-16)13-4-2-1-3-5-13/h1-12,24H. The van der Waals surface area contributed by atoms with E-state index in [1.807, 2.05) is 35.1 Å². The molecule has 27 heavy (non-hydrogen) atoms. The lowest BCUT2D eigenvalue weighted by atomic mass is 10.1. The van der Waals surface area contributed by atoms with Crippen LogP contribution in [0.15, 0.2) is 77.7 Å². The fraction of sp³-hybridized carbons (Fsp3) is 0.0526. The number of halogens is 4. The van der Waals surface area contributed by atoms with Gasteiger partial charge < -0.3 is 0 Å². The third-order valence-electron chi connectivity index (χ3n) is 3.81. The first-order chi connectivity index (χ1) is 12.7. The Morgan fingerprint density at radius 3 is 1.96 bits per heavy atom. The smallest absolute Gasteiger partial charge is 0.277 e. The lowest BCUT2D eigenvalue weighted by Crippen LogP contribution is -2.15. The van der Waals surface area contributed by atoms with Crippen LogP contribution < -0.4 is 4.72 Å². The Morgan fingerprint density at radius 1 is 0.778 bits per heavy atom. The van der Waals surface area contributed by atoms with Gasteiger partial charge in [-0.2, -0.15) is 13.2 Å². The van der Waals surface area contributed by atoms with Gasteiger partial charge in [0.2, 0.25) is 0 Å². The molecule has 0 fully saturated rings. The zero-order valence-corrected chi connectivity index (χ0v) is 14.5. The molecule has 0 aliphatic rings.